The molecule has 1 aromatic heterocycles. The standard InChI is InChI=1S/C5H6F3N3/c6-3-5(7,8)11-2-1-4(9)10-11/h1-2H,3H2,(H2,9,10). The van der Waals surface area contributed by atoms with Gasteiger partial charge in [0.05, 0.1) is 0 Å². The Morgan fingerprint density at radius 2 is 2.27 bits per heavy atom. The molecule has 0 atom stereocenters. The first-order valence-corrected chi connectivity index (χ1v) is 2.81. The Bertz CT molecular complexity index is 245. The van der Waals surface area contributed by atoms with E-state index in [1.807, 2.05) is 0 Å². The van der Waals surface area contributed by atoms with Crippen molar-refractivity contribution < 1.29 is 13.2 Å². The van der Waals surface area contributed by atoms with Crippen molar-refractivity contribution in [2.45, 2.75) is 6.05 Å². The fourth-order valence-electron chi connectivity index (χ4n) is 0.581. The smallest absolute Gasteiger partial charge is 0.371 e. The van der Waals surface area contributed by atoms with Crippen LogP contribution in [0.3, 0.4) is 0 Å². The number of anilines is 1. The zero-order valence-corrected chi connectivity index (χ0v) is 5.47. The fraction of sp³-hybridized carbons (Fsp3) is 0.400. The molecule has 3 nitrogen and oxygen atoms in total. The highest BCUT2D eigenvalue weighted by Crippen LogP contribution is 2.20. The second kappa shape index (κ2) is 2.44. The lowest BCUT2D eigenvalue weighted by Crippen LogP contribution is -2.25. The molecule has 0 radical (unpaired) electrons. The molecule has 0 aliphatic heterocycles. The first kappa shape index (κ1) is 7.90. The van der Waals surface area contributed by atoms with Crippen LogP contribution in [0.1, 0.15) is 0 Å². The third kappa shape index (κ3) is 1.44. The second-order valence-corrected chi connectivity index (χ2v) is 1.98. The summed E-state index contributed by atoms with van der Waals surface area (Å²) in [5.41, 5.74) is 5.04. The molecule has 0 fully saturated rings. The first-order chi connectivity index (χ1) is 5.06. The van der Waals surface area contributed by atoms with Crippen LogP contribution in [0.4, 0.5) is 19.0 Å². The normalized spacial score (nSPS) is 11.9. The van der Waals surface area contributed by atoms with E-state index in [4.69, 9.17) is 5.73 Å². The number of halogens is 3. The quantitative estimate of drug-likeness (QED) is 0.709. The molecule has 62 valence electrons. The Balaban J connectivity index is 2.92. The van der Waals surface area contributed by atoms with E-state index < -0.39 is 12.7 Å². The van der Waals surface area contributed by atoms with Crippen molar-refractivity contribution in [3.8, 4) is 0 Å². The van der Waals surface area contributed by atoms with E-state index >= 15 is 0 Å². The van der Waals surface area contributed by atoms with Crippen LogP contribution in [-0.2, 0) is 6.05 Å². The van der Waals surface area contributed by atoms with Crippen LogP contribution in [0.15, 0.2) is 12.3 Å². The lowest BCUT2D eigenvalue weighted by molar-refractivity contribution is -0.109. The van der Waals surface area contributed by atoms with E-state index in [1.165, 1.54) is 6.07 Å². The largest absolute Gasteiger partial charge is 0.382 e. The summed E-state index contributed by atoms with van der Waals surface area (Å²) in [6, 6.07) is -2.42. The minimum absolute atomic E-state index is 0.0573. The minimum Gasteiger partial charge on any atom is -0.382 e. The molecular weight excluding hydrogens is 159 g/mol. The van der Waals surface area contributed by atoms with Gasteiger partial charge in [0.2, 0.25) is 0 Å². The van der Waals surface area contributed by atoms with Gasteiger partial charge in [0.25, 0.3) is 0 Å². The molecule has 11 heavy (non-hydrogen) atoms. The van der Waals surface area contributed by atoms with Crippen LogP contribution in [0.25, 0.3) is 0 Å². The minimum atomic E-state index is -3.59. The van der Waals surface area contributed by atoms with E-state index in [-0.39, 0.29) is 10.5 Å². The molecule has 0 amide bonds. The summed E-state index contributed by atoms with van der Waals surface area (Å²) in [5.74, 6) is -0.0573. The van der Waals surface area contributed by atoms with Gasteiger partial charge in [0.15, 0.2) is 6.67 Å². The van der Waals surface area contributed by atoms with Crippen LogP contribution in [-0.4, -0.2) is 16.5 Å². The molecule has 0 bridgehead atoms. The maximum atomic E-state index is 12.4. The molecule has 1 heterocycles. The van der Waals surface area contributed by atoms with Crippen molar-refractivity contribution in [1.82, 2.24) is 9.78 Å². The van der Waals surface area contributed by atoms with Crippen molar-refractivity contribution in [1.29, 1.82) is 0 Å². The van der Waals surface area contributed by atoms with Gasteiger partial charge in [-0.05, 0) is 0 Å². The van der Waals surface area contributed by atoms with Gasteiger partial charge in [-0.2, -0.15) is 13.9 Å². The summed E-state index contributed by atoms with van der Waals surface area (Å²) in [4.78, 5) is 0. The first-order valence-electron chi connectivity index (χ1n) is 2.81. The molecule has 0 spiro atoms. The van der Waals surface area contributed by atoms with E-state index in [9.17, 15) is 13.2 Å². The van der Waals surface area contributed by atoms with E-state index in [0.29, 0.717) is 0 Å². The van der Waals surface area contributed by atoms with Gasteiger partial charge in [0, 0.05) is 12.3 Å². The molecule has 2 N–H and O–H groups in total. The van der Waals surface area contributed by atoms with Gasteiger partial charge in [0.1, 0.15) is 5.82 Å². The third-order valence-corrected chi connectivity index (χ3v) is 1.11. The summed E-state index contributed by atoms with van der Waals surface area (Å²) in [7, 11) is 0. The van der Waals surface area contributed by atoms with Crippen molar-refractivity contribution in [3.05, 3.63) is 12.3 Å². The Hall–Kier alpha value is -1.20. The highest BCUT2D eigenvalue weighted by atomic mass is 19.3. The molecule has 0 aliphatic carbocycles. The predicted octanol–water partition coefficient (Wildman–Crippen LogP) is 0.984. The number of hydrogen-bond donors (Lipinski definition) is 1. The van der Waals surface area contributed by atoms with Crippen molar-refractivity contribution in [3.63, 3.8) is 0 Å². The summed E-state index contributed by atoms with van der Waals surface area (Å²) < 4.78 is 36.5. The van der Waals surface area contributed by atoms with Crippen LogP contribution >= 0.6 is 0 Å². The Kier molecular flexibility index (Phi) is 1.76. The van der Waals surface area contributed by atoms with Crippen LogP contribution in [0, 0.1) is 0 Å². The van der Waals surface area contributed by atoms with E-state index in [1.54, 1.807) is 0 Å². The van der Waals surface area contributed by atoms with Gasteiger partial charge >= 0.3 is 6.05 Å². The monoisotopic (exact) mass is 165 g/mol. The molecular formula is C5H6F3N3. The second-order valence-electron chi connectivity index (χ2n) is 1.98. The number of alkyl halides is 3. The molecule has 0 aliphatic rings. The lowest BCUT2D eigenvalue weighted by atomic mass is 10.6. The number of nitrogens with two attached hydrogens (primary N) is 1. The SMILES string of the molecule is Nc1ccn(C(F)(F)CF)n1. The number of hydrogen-bond acceptors (Lipinski definition) is 2. The van der Waals surface area contributed by atoms with Crippen LogP contribution < -0.4 is 5.73 Å². The predicted molar refractivity (Wildman–Crippen MR) is 32.8 cm³/mol. The maximum absolute atomic E-state index is 12.4. The van der Waals surface area contributed by atoms with E-state index in [2.05, 4.69) is 5.10 Å². The Labute approximate surface area is 60.6 Å². The number of aromatic nitrogens is 2. The molecule has 6 heteroatoms. The van der Waals surface area contributed by atoms with Gasteiger partial charge in [-0.3, -0.25) is 0 Å². The van der Waals surface area contributed by atoms with Gasteiger partial charge in [-0.15, -0.1) is 0 Å². The number of nitrogen functional groups attached to an aromatic ring is 1. The average molecular weight is 165 g/mol. The van der Waals surface area contributed by atoms with Crippen molar-refractivity contribution in [2.75, 3.05) is 12.4 Å². The summed E-state index contributed by atoms with van der Waals surface area (Å²) >= 11 is 0. The van der Waals surface area contributed by atoms with Gasteiger partial charge < -0.3 is 5.73 Å². The Morgan fingerprint density at radius 1 is 1.64 bits per heavy atom. The molecule has 0 saturated carbocycles. The highest BCUT2D eigenvalue weighted by molar-refractivity contribution is 5.24. The van der Waals surface area contributed by atoms with Crippen LogP contribution in [0.2, 0.25) is 0 Å². The topological polar surface area (TPSA) is 43.8 Å². The fourth-order valence-corrected chi connectivity index (χ4v) is 0.581. The Morgan fingerprint density at radius 3 is 2.64 bits per heavy atom. The maximum Gasteiger partial charge on any atom is 0.371 e. The molecule has 0 aromatic carbocycles. The zero-order valence-electron chi connectivity index (χ0n) is 5.47. The average Bonchev–Trinajstić information content (AvgIpc) is 2.36. The molecule has 1 rings (SSSR count). The number of rotatable bonds is 2. The van der Waals surface area contributed by atoms with Gasteiger partial charge in [-0.25, -0.2) is 9.07 Å². The summed E-state index contributed by atoms with van der Waals surface area (Å²) in [6.07, 6.45) is 0.926. The summed E-state index contributed by atoms with van der Waals surface area (Å²) in [6.45, 7) is -1.78. The third-order valence-electron chi connectivity index (χ3n) is 1.11. The van der Waals surface area contributed by atoms with Crippen molar-refractivity contribution in [2.24, 2.45) is 0 Å². The van der Waals surface area contributed by atoms with E-state index in [0.717, 1.165) is 6.20 Å². The number of nitrogens with zero attached hydrogens (tertiary/aromatic N) is 2. The zero-order chi connectivity index (χ0) is 8.48. The molecule has 1 aromatic rings. The summed E-state index contributed by atoms with van der Waals surface area (Å²) in [5, 5.41) is 3.16. The van der Waals surface area contributed by atoms with Gasteiger partial charge in [-0.1, -0.05) is 0 Å². The highest BCUT2D eigenvalue weighted by Gasteiger charge is 2.31. The molecule has 0 saturated heterocycles. The lowest BCUT2D eigenvalue weighted by Gasteiger charge is -2.10. The van der Waals surface area contributed by atoms with Crippen molar-refractivity contribution >= 4 is 5.82 Å². The molecule has 0 unspecified atom stereocenters. The van der Waals surface area contributed by atoms with Crippen LogP contribution in [0.5, 0.6) is 0 Å².